The van der Waals surface area contributed by atoms with Gasteiger partial charge in [0.15, 0.2) is 0 Å². The lowest BCUT2D eigenvalue weighted by Crippen LogP contribution is -2.59. The van der Waals surface area contributed by atoms with Gasteiger partial charge < -0.3 is 35.8 Å². The highest BCUT2D eigenvalue weighted by molar-refractivity contribution is 6.38. The monoisotopic (exact) mass is 710 g/mol. The predicted molar refractivity (Wildman–Crippen MR) is 188 cm³/mol. The number of likely N-dealkylation sites (N-methyl/N-ethyl adjacent to an activating group) is 1. The number of alkyl carbamates (subject to hydrolysis) is 1. The van der Waals surface area contributed by atoms with Crippen LogP contribution in [0.15, 0.2) is 30.3 Å². The molecule has 51 heavy (non-hydrogen) atoms. The Hall–Kier alpha value is -4.49. The molecule has 14 heteroatoms. The molecule has 0 unspecified atom stereocenters. The fourth-order valence-electron chi connectivity index (χ4n) is 7.09. The number of likely N-dealkylation sites (tertiary alicyclic amines) is 1. The molecule has 2 saturated carbocycles. The summed E-state index contributed by atoms with van der Waals surface area (Å²) >= 11 is 0. The van der Waals surface area contributed by atoms with E-state index in [-0.39, 0.29) is 48.5 Å². The highest BCUT2D eigenvalue weighted by Crippen LogP contribution is 2.50. The van der Waals surface area contributed by atoms with E-state index in [2.05, 4.69) is 21.3 Å². The second-order valence-electron chi connectivity index (χ2n) is 14.6. The minimum Gasteiger partial charge on any atom is -0.449 e. The summed E-state index contributed by atoms with van der Waals surface area (Å²) in [6, 6.07) is 4.81. The minimum absolute atomic E-state index is 0.0776. The lowest BCUT2D eigenvalue weighted by molar-refractivity contribution is -0.144. The van der Waals surface area contributed by atoms with Crippen LogP contribution in [0.5, 0.6) is 0 Å². The summed E-state index contributed by atoms with van der Waals surface area (Å²) in [6.07, 6.45) is 5.24. The third-order valence-corrected chi connectivity index (χ3v) is 9.88. The number of piperidine rings is 1. The molecule has 0 bridgehead atoms. The molecule has 0 radical (unpaired) electrons. The Balaban J connectivity index is 1.39. The van der Waals surface area contributed by atoms with Crippen molar-refractivity contribution in [2.75, 3.05) is 33.8 Å². The van der Waals surface area contributed by atoms with Crippen LogP contribution in [0.2, 0.25) is 0 Å². The van der Waals surface area contributed by atoms with Gasteiger partial charge in [0.2, 0.25) is 29.4 Å². The second-order valence-corrected chi connectivity index (χ2v) is 14.6. The van der Waals surface area contributed by atoms with Crippen molar-refractivity contribution in [3.63, 3.8) is 0 Å². The number of fused-ring (bicyclic) bond motifs is 1. The number of ether oxygens (including phenoxy) is 1. The minimum atomic E-state index is -1.18. The zero-order valence-corrected chi connectivity index (χ0v) is 30.4. The number of Topliss-reactive ketones (excluding diaryl/α,β-unsaturated/α-hetero) is 1. The van der Waals surface area contributed by atoms with Crippen LogP contribution in [0.4, 0.5) is 4.79 Å². The van der Waals surface area contributed by atoms with Crippen LogP contribution < -0.4 is 21.3 Å². The second kappa shape index (κ2) is 18.1. The molecular weight excluding hydrogens is 656 g/mol. The predicted octanol–water partition coefficient (Wildman–Crippen LogP) is 2.08. The largest absolute Gasteiger partial charge is 0.449 e. The van der Waals surface area contributed by atoms with Gasteiger partial charge in [-0.05, 0) is 54.9 Å². The van der Waals surface area contributed by atoms with Crippen molar-refractivity contribution in [3.05, 3.63) is 35.9 Å². The van der Waals surface area contributed by atoms with E-state index in [1.54, 1.807) is 44.4 Å². The summed E-state index contributed by atoms with van der Waals surface area (Å²) < 4.78 is 5.35. The first kappa shape index (κ1) is 39.3. The van der Waals surface area contributed by atoms with Gasteiger partial charge in [0.1, 0.15) is 18.1 Å². The number of rotatable bonds is 16. The van der Waals surface area contributed by atoms with E-state index in [4.69, 9.17) is 4.74 Å². The molecule has 14 nitrogen and oxygen atoms in total. The Morgan fingerprint density at radius 1 is 0.941 bits per heavy atom. The molecule has 4 N–H and O–H groups in total. The number of nitrogens with zero attached hydrogens (tertiary/aromatic N) is 2. The maximum absolute atomic E-state index is 14.1. The normalized spacial score (nSPS) is 21.4. The number of ketones is 1. The topological polar surface area (TPSA) is 183 Å². The van der Waals surface area contributed by atoms with Gasteiger partial charge in [0.25, 0.3) is 5.91 Å². The molecule has 0 aromatic heterocycles. The summed E-state index contributed by atoms with van der Waals surface area (Å²) in [5, 5.41) is 10.5. The molecule has 1 saturated heterocycles. The molecule has 280 valence electrons. The lowest BCUT2D eigenvalue weighted by Gasteiger charge is -2.35. The van der Waals surface area contributed by atoms with Crippen molar-refractivity contribution in [2.24, 2.45) is 23.7 Å². The van der Waals surface area contributed by atoms with Crippen molar-refractivity contribution in [1.29, 1.82) is 0 Å². The van der Waals surface area contributed by atoms with Gasteiger partial charge in [-0.15, -0.1) is 0 Å². The quantitative estimate of drug-likeness (QED) is 0.188. The van der Waals surface area contributed by atoms with Crippen LogP contribution in [0.3, 0.4) is 0 Å². The molecule has 0 spiro atoms. The number of carbonyl (C=O) groups excluding carboxylic acids is 7. The SMILES string of the molecule is CCC[C@H](NC(=O)[C@@H]1[C@H]2C[C@H]2CN1C(=O)[C@@H](NC(=O)OCC(C)C)C1CCCCC1)C(=O)C(=O)NCC(=O)N[C@H](C(=O)N(C)C)c1ccccc1. The number of nitrogens with one attached hydrogen (secondary N) is 4. The highest BCUT2D eigenvalue weighted by Gasteiger charge is 2.58. The smallest absolute Gasteiger partial charge is 0.407 e. The highest BCUT2D eigenvalue weighted by atomic mass is 16.5. The third kappa shape index (κ3) is 10.5. The van der Waals surface area contributed by atoms with Crippen molar-refractivity contribution in [2.45, 2.75) is 96.3 Å². The fourth-order valence-corrected chi connectivity index (χ4v) is 7.09. The molecule has 1 heterocycles. The third-order valence-electron chi connectivity index (χ3n) is 9.88. The average molecular weight is 711 g/mol. The maximum atomic E-state index is 14.1. The molecule has 3 fully saturated rings. The molecule has 1 aromatic carbocycles. The van der Waals surface area contributed by atoms with Crippen LogP contribution in [0.1, 0.15) is 83.7 Å². The average Bonchev–Trinajstić information content (AvgIpc) is 3.78. The number of carbonyl (C=O) groups is 7. The molecule has 4 rings (SSSR count). The Labute approximate surface area is 300 Å². The van der Waals surface area contributed by atoms with Gasteiger partial charge in [-0.2, -0.15) is 0 Å². The molecule has 2 aliphatic carbocycles. The Morgan fingerprint density at radius 3 is 2.25 bits per heavy atom. The zero-order valence-electron chi connectivity index (χ0n) is 30.4. The number of benzene rings is 1. The fraction of sp³-hybridized carbons (Fsp3) is 0.649. The van der Waals surface area contributed by atoms with Crippen molar-refractivity contribution < 1.29 is 38.3 Å². The molecule has 1 aliphatic heterocycles. The molecule has 6 atom stereocenters. The van der Waals surface area contributed by atoms with Crippen molar-refractivity contribution >= 4 is 41.4 Å². The van der Waals surface area contributed by atoms with E-state index < -0.39 is 60.3 Å². The molecule has 6 amide bonds. The van der Waals surface area contributed by atoms with Gasteiger partial charge in [-0.3, -0.25) is 28.8 Å². The lowest BCUT2D eigenvalue weighted by atomic mass is 9.83. The maximum Gasteiger partial charge on any atom is 0.407 e. The van der Waals surface area contributed by atoms with E-state index in [1.165, 1.54) is 9.80 Å². The Morgan fingerprint density at radius 2 is 1.63 bits per heavy atom. The van der Waals surface area contributed by atoms with Gasteiger partial charge in [-0.25, -0.2) is 4.79 Å². The summed E-state index contributed by atoms with van der Waals surface area (Å²) in [5.74, 6) is -3.76. The van der Waals surface area contributed by atoms with E-state index in [9.17, 15) is 33.6 Å². The standard InChI is InChI=1S/C37H54N6O8/c1-6-13-27(32(45)34(47)38-19-28(44)40-29(35(48)42(4)5)23-14-9-7-10-15-23)39-33(46)31-26-18-25(26)20-43(31)36(49)30(24-16-11-8-12-17-24)41-37(50)51-21-22(2)3/h7,9-10,14-15,22,24-27,29-31H,6,8,11-13,16-21H2,1-5H3,(H,38,47)(H,39,46)(H,40,44)(H,41,50)/t25-,26-,27-,29-,30-,31-/m0/s1. The zero-order chi connectivity index (χ0) is 37.2. The van der Waals surface area contributed by atoms with Gasteiger partial charge in [0.05, 0.1) is 19.2 Å². The van der Waals surface area contributed by atoms with Crippen LogP contribution >= 0.6 is 0 Å². The number of hydrogen-bond donors (Lipinski definition) is 4. The van der Waals surface area contributed by atoms with Crippen LogP contribution in [-0.2, 0) is 33.5 Å². The molecule has 3 aliphatic rings. The van der Waals surface area contributed by atoms with Crippen LogP contribution in [-0.4, -0.2) is 103 Å². The Bertz CT molecular complexity index is 1430. The summed E-state index contributed by atoms with van der Waals surface area (Å²) in [5.41, 5.74) is 0.557. The van der Waals surface area contributed by atoms with E-state index in [0.717, 1.165) is 38.5 Å². The first-order chi connectivity index (χ1) is 24.3. The van der Waals surface area contributed by atoms with Crippen molar-refractivity contribution in [3.8, 4) is 0 Å². The van der Waals surface area contributed by atoms with Crippen LogP contribution in [0, 0.1) is 23.7 Å². The summed E-state index contributed by atoms with van der Waals surface area (Å²) in [7, 11) is 3.13. The molecular formula is C37H54N6O8. The van der Waals surface area contributed by atoms with E-state index in [0.29, 0.717) is 18.5 Å². The van der Waals surface area contributed by atoms with E-state index in [1.807, 2.05) is 20.8 Å². The van der Waals surface area contributed by atoms with E-state index >= 15 is 0 Å². The summed E-state index contributed by atoms with van der Waals surface area (Å²) in [6.45, 7) is 5.68. The first-order valence-electron chi connectivity index (χ1n) is 18.2. The van der Waals surface area contributed by atoms with Crippen LogP contribution in [0.25, 0.3) is 0 Å². The van der Waals surface area contributed by atoms with Gasteiger partial charge in [-0.1, -0.05) is 76.8 Å². The summed E-state index contributed by atoms with van der Waals surface area (Å²) in [4.78, 5) is 95.5. The molecule has 1 aromatic rings. The van der Waals surface area contributed by atoms with Gasteiger partial charge in [0, 0.05) is 20.6 Å². The number of hydrogen-bond acceptors (Lipinski definition) is 8. The first-order valence-corrected chi connectivity index (χ1v) is 18.2. The Kier molecular flexibility index (Phi) is 14.0. The van der Waals surface area contributed by atoms with Crippen molar-refractivity contribution in [1.82, 2.24) is 31.1 Å². The number of amides is 6. The van der Waals surface area contributed by atoms with Gasteiger partial charge >= 0.3 is 6.09 Å².